The Balaban J connectivity index is 1.58. The average Bonchev–Trinajstić information content (AvgIpc) is 3.28. The van der Waals surface area contributed by atoms with Crippen LogP contribution in [0.3, 0.4) is 0 Å². The second kappa shape index (κ2) is 13.8. The van der Waals surface area contributed by atoms with Crippen LogP contribution >= 0.6 is 23.2 Å². The first-order valence-electron chi connectivity index (χ1n) is 17.9. The van der Waals surface area contributed by atoms with Gasteiger partial charge in [0.1, 0.15) is 0 Å². The van der Waals surface area contributed by atoms with Crippen LogP contribution in [0.5, 0.6) is 0 Å². The molecular weight excluding hydrogens is 671 g/mol. The Morgan fingerprint density at radius 2 is 1.02 bits per heavy atom. The minimum absolute atomic E-state index is 0.0424. The molecule has 0 heterocycles. The van der Waals surface area contributed by atoms with E-state index in [1.807, 2.05) is 24.3 Å². The van der Waals surface area contributed by atoms with E-state index in [4.69, 9.17) is 23.2 Å². The molecule has 1 atom stereocenters. The molecule has 2 aliphatic carbocycles. The quantitative estimate of drug-likeness (QED) is 0.167. The Labute approximate surface area is 318 Å². The summed E-state index contributed by atoms with van der Waals surface area (Å²) in [6, 6.07) is 56.4. The van der Waals surface area contributed by atoms with Crippen molar-refractivity contribution in [3.8, 4) is 11.1 Å². The Bertz CT molecular complexity index is 2360. The maximum Gasteiger partial charge on any atom is 0.0406 e. The molecule has 0 spiro atoms. The number of allylic oxidation sites excluding steroid dienone is 5. The first kappa shape index (κ1) is 34.0. The predicted octanol–water partition coefficient (Wildman–Crippen LogP) is 14.4. The fourth-order valence-electron chi connectivity index (χ4n) is 8.66. The number of fused-ring (bicyclic) bond motifs is 2. The molecule has 1 fully saturated rings. The van der Waals surface area contributed by atoms with E-state index in [1.54, 1.807) is 0 Å². The lowest BCUT2D eigenvalue weighted by Crippen LogP contribution is -2.15. The molecule has 0 aliphatic heterocycles. The third kappa shape index (κ3) is 6.01. The molecule has 254 valence electrons. The zero-order chi connectivity index (χ0) is 36.0. The van der Waals surface area contributed by atoms with Crippen LogP contribution in [0.1, 0.15) is 61.1 Å². The van der Waals surface area contributed by atoms with E-state index in [0.29, 0.717) is 0 Å². The van der Waals surface area contributed by atoms with Crippen LogP contribution in [-0.2, 0) is 0 Å². The average molecular weight is 712 g/mol. The monoisotopic (exact) mass is 710 g/mol. The minimum atomic E-state index is -0.323. The van der Waals surface area contributed by atoms with Crippen LogP contribution in [0.15, 0.2) is 186 Å². The summed E-state index contributed by atoms with van der Waals surface area (Å²) in [6.45, 7) is 9.40. The van der Waals surface area contributed by atoms with Gasteiger partial charge < -0.3 is 0 Å². The van der Waals surface area contributed by atoms with Gasteiger partial charge in [0.25, 0.3) is 0 Å². The molecule has 2 heteroatoms. The summed E-state index contributed by atoms with van der Waals surface area (Å²) < 4.78 is 0. The van der Waals surface area contributed by atoms with E-state index in [0.717, 1.165) is 21.2 Å². The lowest BCUT2D eigenvalue weighted by Gasteiger charge is -2.28. The molecule has 0 amide bonds. The standard InChI is InChI=1S/C50H40Cl2/c1-32(2)48-47(45(36-20-25-39(51)26-21-36)37-22-27-40(52)28-23-37)44-31-42(34-16-10-6-11-17-34)41-29-24-38(33-14-8-5-9-15-33)30-43(41)46(49(44)50(48,3)4)35-18-12-7-13-19-35/h5-31,44H,1-4H3. The van der Waals surface area contributed by atoms with Gasteiger partial charge in [0.05, 0.1) is 0 Å². The fourth-order valence-corrected chi connectivity index (χ4v) is 8.92. The molecule has 1 unspecified atom stereocenters. The first-order chi connectivity index (χ1) is 25.2. The van der Waals surface area contributed by atoms with E-state index in [-0.39, 0.29) is 11.3 Å². The van der Waals surface area contributed by atoms with E-state index >= 15 is 0 Å². The van der Waals surface area contributed by atoms with Gasteiger partial charge in [-0.3, -0.25) is 0 Å². The van der Waals surface area contributed by atoms with Gasteiger partial charge in [0.15, 0.2) is 0 Å². The van der Waals surface area contributed by atoms with Gasteiger partial charge in [0, 0.05) is 21.4 Å². The molecule has 6 aromatic rings. The second-order valence-electron chi connectivity index (χ2n) is 14.5. The van der Waals surface area contributed by atoms with E-state index in [2.05, 4.69) is 167 Å². The summed E-state index contributed by atoms with van der Waals surface area (Å²) in [5.74, 6) is -0.0424. The van der Waals surface area contributed by atoms with Crippen LogP contribution in [0, 0.1) is 11.3 Å². The van der Waals surface area contributed by atoms with Crippen molar-refractivity contribution in [1.29, 1.82) is 0 Å². The second-order valence-corrected chi connectivity index (χ2v) is 15.4. The highest BCUT2D eigenvalue weighted by atomic mass is 35.5. The maximum atomic E-state index is 6.52. The molecule has 1 saturated carbocycles. The van der Waals surface area contributed by atoms with Crippen LogP contribution in [0.4, 0.5) is 0 Å². The molecule has 0 aromatic heterocycles. The largest absolute Gasteiger partial charge is 0.0843 e. The van der Waals surface area contributed by atoms with Crippen molar-refractivity contribution in [3.05, 3.63) is 230 Å². The third-order valence-corrected chi connectivity index (χ3v) is 11.2. The number of benzene rings is 6. The van der Waals surface area contributed by atoms with E-state index in [1.165, 1.54) is 72.4 Å². The summed E-state index contributed by atoms with van der Waals surface area (Å²) in [5.41, 5.74) is 18.4. The maximum absolute atomic E-state index is 6.52. The van der Waals surface area contributed by atoms with Crippen molar-refractivity contribution in [2.24, 2.45) is 11.3 Å². The Hall–Kier alpha value is -5.14. The van der Waals surface area contributed by atoms with Gasteiger partial charge >= 0.3 is 0 Å². The summed E-state index contributed by atoms with van der Waals surface area (Å²) in [5, 5.41) is 1.44. The molecule has 6 aromatic carbocycles. The van der Waals surface area contributed by atoms with Gasteiger partial charge in [-0.2, -0.15) is 0 Å². The van der Waals surface area contributed by atoms with Gasteiger partial charge in [-0.15, -0.1) is 0 Å². The normalized spacial score (nSPS) is 16.2. The Morgan fingerprint density at radius 1 is 0.519 bits per heavy atom. The molecule has 0 nitrogen and oxygen atoms in total. The molecule has 8 rings (SSSR count). The minimum Gasteiger partial charge on any atom is -0.0843 e. The SMILES string of the molecule is CC(C)=C1C(=C(c2ccc(Cl)cc2)c2ccc(Cl)cc2)C2C=C(c3ccccc3)c3ccc(-c4ccccc4)cc3C(c3ccccc3)=C2C1(C)C. The van der Waals surface area contributed by atoms with Crippen molar-refractivity contribution in [2.75, 3.05) is 0 Å². The van der Waals surface area contributed by atoms with E-state index in [9.17, 15) is 0 Å². The predicted molar refractivity (Wildman–Crippen MR) is 222 cm³/mol. The van der Waals surface area contributed by atoms with E-state index < -0.39 is 0 Å². The van der Waals surface area contributed by atoms with Crippen molar-refractivity contribution in [1.82, 2.24) is 0 Å². The number of rotatable bonds is 5. The zero-order valence-corrected chi connectivity index (χ0v) is 31.4. The molecule has 0 bridgehead atoms. The zero-order valence-electron chi connectivity index (χ0n) is 29.9. The number of halogens is 2. The highest BCUT2D eigenvalue weighted by Crippen LogP contribution is 2.62. The van der Waals surface area contributed by atoms with Gasteiger partial charge in [0.2, 0.25) is 0 Å². The molecule has 0 radical (unpaired) electrons. The Morgan fingerprint density at radius 3 is 1.54 bits per heavy atom. The lowest BCUT2D eigenvalue weighted by molar-refractivity contribution is 0.561. The molecule has 0 saturated heterocycles. The van der Waals surface area contributed by atoms with Crippen molar-refractivity contribution in [2.45, 2.75) is 27.7 Å². The molecule has 52 heavy (non-hydrogen) atoms. The first-order valence-corrected chi connectivity index (χ1v) is 18.7. The summed E-state index contributed by atoms with van der Waals surface area (Å²) in [4.78, 5) is 0. The summed E-state index contributed by atoms with van der Waals surface area (Å²) in [6.07, 6.45) is 2.56. The summed E-state index contributed by atoms with van der Waals surface area (Å²) >= 11 is 13.0. The Kier molecular flexibility index (Phi) is 9.00. The summed E-state index contributed by atoms with van der Waals surface area (Å²) in [7, 11) is 0. The number of hydrogen-bond donors (Lipinski definition) is 0. The molecule has 2 aliphatic rings. The van der Waals surface area contributed by atoms with Crippen LogP contribution in [0.2, 0.25) is 10.0 Å². The van der Waals surface area contributed by atoms with Crippen LogP contribution in [-0.4, -0.2) is 0 Å². The third-order valence-electron chi connectivity index (χ3n) is 10.7. The smallest absolute Gasteiger partial charge is 0.0406 e. The highest BCUT2D eigenvalue weighted by molar-refractivity contribution is 6.31. The highest BCUT2D eigenvalue weighted by Gasteiger charge is 2.48. The fraction of sp³-hybridized carbons (Fsp3) is 0.120. The van der Waals surface area contributed by atoms with Gasteiger partial charge in [-0.25, -0.2) is 0 Å². The van der Waals surface area contributed by atoms with Crippen molar-refractivity contribution in [3.63, 3.8) is 0 Å². The topological polar surface area (TPSA) is 0 Å². The van der Waals surface area contributed by atoms with Gasteiger partial charge in [-0.1, -0.05) is 176 Å². The van der Waals surface area contributed by atoms with Crippen LogP contribution in [0.25, 0.3) is 27.8 Å². The molecule has 0 N–H and O–H groups in total. The lowest BCUT2D eigenvalue weighted by atomic mass is 9.75. The van der Waals surface area contributed by atoms with Crippen molar-refractivity contribution < 1.29 is 0 Å². The number of hydrogen-bond acceptors (Lipinski definition) is 0. The van der Waals surface area contributed by atoms with Crippen molar-refractivity contribution >= 4 is 39.9 Å². The molecular formula is C50H40Cl2. The van der Waals surface area contributed by atoms with Crippen LogP contribution < -0.4 is 0 Å². The van der Waals surface area contributed by atoms with Gasteiger partial charge in [-0.05, 0) is 122 Å².